The second-order valence-electron chi connectivity index (χ2n) is 7.25. The maximum atomic E-state index is 12.7. The molecule has 9 heteroatoms. The standard InChI is InChI=1S/C21H23ClN2O5S/c1-14-9-15(2)11-16(10-14)21(26)29-13-20(25)23-19-12-17(5-6-18(19)22)30(27,28)24-7-3-4-8-24/h5-6,9-12H,3-4,7-8,13H2,1-2H3,(H,23,25). The van der Waals surface area contributed by atoms with Crippen LogP contribution in [0.2, 0.25) is 5.02 Å². The highest BCUT2D eigenvalue weighted by Gasteiger charge is 2.27. The lowest BCUT2D eigenvalue weighted by Crippen LogP contribution is -2.28. The number of sulfonamides is 1. The van der Waals surface area contributed by atoms with Crippen LogP contribution in [0.15, 0.2) is 41.3 Å². The lowest BCUT2D eigenvalue weighted by Gasteiger charge is -2.16. The molecule has 7 nitrogen and oxygen atoms in total. The zero-order valence-electron chi connectivity index (χ0n) is 16.8. The van der Waals surface area contributed by atoms with Gasteiger partial charge in [-0.15, -0.1) is 0 Å². The van der Waals surface area contributed by atoms with Crippen LogP contribution >= 0.6 is 11.6 Å². The summed E-state index contributed by atoms with van der Waals surface area (Å²) in [5.74, 6) is -1.24. The van der Waals surface area contributed by atoms with Crippen LogP contribution < -0.4 is 5.32 Å². The minimum atomic E-state index is -3.65. The molecule has 0 saturated carbocycles. The van der Waals surface area contributed by atoms with E-state index in [1.54, 1.807) is 12.1 Å². The fourth-order valence-electron chi connectivity index (χ4n) is 3.33. The van der Waals surface area contributed by atoms with E-state index in [9.17, 15) is 18.0 Å². The Kier molecular flexibility index (Phi) is 6.80. The fraction of sp³-hybridized carbons (Fsp3) is 0.333. The summed E-state index contributed by atoms with van der Waals surface area (Å²) in [5.41, 5.74) is 2.32. The van der Waals surface area contributed by atoms with Crippen LogP contribution in [0, 0.1) is 13.8 Å². The van der Waals surface area contributed by atoms with Crippen molar-refractivity contribution in [1.82, 2.24) is 4.31 Å². The number of hydrogen-bond donors (Lipinski definition) is 1. The van der Waals surface area contributed by atoms with Gasteiger partial charge in [-0.05, 0) is 57.0 Å². The first kappa shape index (κ1) is 22.3. The summed E-state index contributed by atoms with van der Waals surface area (Å²) < 4.78 is 31.9. The highest BCUT2D eigenvalue weighted by Crippen LogP contribution is 2.28. The van der Waals surface area contributed by atoms with Crippen molar-refractivity contribution in [2.45, 2.75) is 31.6 Å². The zero-order chi connectivity index (χ0) is 21.9. The van der Waals surface area contributed by atoms with Gasteiger partial charge in [0.1, 0.15) is 0 Å². The van der Waals surface area contributed by atoms with E-state index in [0.29, 0.717) is 18.7 Å². The van der Waals surface area contributed by atoms with Gasteiger partial charge >= 0.3 is 5.97 Å². The molecule has 1 heterocycles. The molecule has 0 radical (unpaired) electrons. The van der Waals surface area contributed by atoms with E-state index >= 15 is 0 Å². The molecule has 1 aliphatic heterocycles. The maximum Gasteiger partial charge on any atom is 0.338 e. The number of rotatable bonds is 6. The molecule has 2 aromatic carbocycles. The summed E-state index contributed by atoms with van der Waals surface area (Å²) in [5, 5.41) is 2.70. The molecular weight excluding hydrogens is 428 g/mol. The normalized spacial score (nSPS) is 14.5. The summed E-state index contributed by atoms with van der Waals surface area (Å²) in [6.07, 6.45) is 1.64. The molecule has 0 atom stereocenters. The molecule has 160 valence electrons. The van der Waals surface area contributed by atoms with E-state index < -0.39 is 28.5 Å². The summed E-state index contributed by atoms with van der Waals surface area (Å²) in [6, 6.07) is 9.43. The van der Waals surface area contributed by atoms with Gasteiger partial charge in [0, 0.05) is 13.1 Å². The Morgan fingerprint density at radius 3 is 2.33 bits per heavy atom. The molecule has 1 amide bonds. The van der Waals surface area contributed by atoms with Gasteiger partial charge in [0.15, 0.2) is 6.61 Å². The third-order valence-electron chi connectivity index (χ3n) is 4.71. The van der Waals surface area contributed by atoms with Crippen molar-refractivity contribution >= 4 is 39.2 Å². The molecule has 0 bridgehead atoms. The molecule has 0 spiro atoms. The van der Waals surface area contributed by atoms with E-state index in [1.165, 1.54) is 22.5 Å². The molecule has 1 fully saturated rings. The lowest BCUT2D eigenvalue weighted by atomic mass is 10.1. The van der Waals surface area contributed by atoms with Crippen LogP contribution in [0.1, 0.15) is 34.3 Å². The molecule has 0 unspecified atom stereocenters. The van der Waals surface area contributed by atoms with Gasteiger partial charge in [-0.3, -0.25) is 4.79 Å². The molecule has 1 saturated heterocycles. The Morgan fingerprint density at radius 2 is 1.70 bits per heavy atom. The van der Waals surface area contributed by atoms with Crippen molar-refractivity contribution in [3.8, 4) is 0 Å². The summed E-state index contributed by atoms with van der Waals surface area (Å²) in [6.45, 7) is 4.15. The Balaban J connectivity index is 1.67. The molecule has 2 aromatic rings. The van der Waals surface area contributed by atoms with E-state index in [2.05, 4.69) is 5.32 Å². The van der Waals surface area contributed by atoms with Gasteiger partial charge in [-0.2, -0.15) is 4.31 Å². The Labute approximate surface area is 181 Å². The summed E-state index contributed by atoms with van der Waals surface area (Å²) in [4.78, 5) is 24.5. The summed E-state index contributed by atoms with van der Waals surface area (Å²) >= 11 is 6.11. The average molecular weight is 451 g/mol. The average Bonchev–Trinajstić information content (AvgIpc) is 3.22. The fourth-order valence-corrected chi connectivity index (χ4v) is 5.04. The van der Waals surface area contributed by atoms with Gasteiger partial charge < -0.3 is 10.1 Å². The van der Waals surface area contributed by atoms with Crippen LogP contribution in [0.25, 0.3) is 0 Å². The van der Waals surface area contributed by atoms with Crippen molar-refractivity contribution in [2.24, 2.45) is 0 Å². The largest absolute Gasteiger partial charge is 0.452 e. The Hall–Kier alpha value is -2.42. The highest BCUT2D eigenvalue weighted by molar-refractivity contribution is 7.89. The number of amides is 1. The predicted octanol–water partition coefficient (Wildman–Crippen LogP) is 3.54. The molecule has 1 N–H and O–H groups in total. The number of hydrogen-bond acceptors (Lipinski definition) is 5. The highest BCUT2D eigenvalue weighted by atomic mass is 35.5. The van der Waals surface area contributed by atoms with Gasteiger partial charge in [0.05, 0.1) is 21.2 Å². The smallest absolute Gasteiger partial charge is 0.338 e. The number of anilines is 1. The first-order chi connectivity index (χ1) is 14.2. The third-order valence-corrected chi connectivity index (χ3v) is 6.93. The van der Waals surface area contributed by atoms with Gasteiger partial charge in [-0.25, -0.2) is 13.2 Å². The first-order valence-electron chi connectivity index (χ1n) is 9.52. The number of carbonyl (C=O) groups is 2. The predicted molar refractivity (Wildman–Crippen MR) is 114 cm³/mol. The number of esters is 1. The van der Waals surface area contributed by atoms with Crippen molar-refractivity contribution in [3.05, 3.63) is 58.1 Å². The van der Waals surface area contributed by atoms with E-state index in [0.717, 1.165) is 24.0 Å². The number of aryl methyl sites for hydroxylation is 2. The van der Waals surface area contributed by atoms with E-state index in [-0.39, 0.29) is 15.6 Å². The minimum absolute atomic E-state index is 0.0522. The molecule has 0 aliphatic carbocycles. The lowest BCUT2D eigenvalue weighted by molar-refractivity contribution is -0.119. The van der Waals surface area contributed by atoms with Crippen molar-refractivity contribution in [1.29, 1.82) is 0 Å². The van der Waals surface area contributed by atoms with Gasteiger partial charge in [0.25, 0.3) is 5.91 Å². The number of benzene rings is 2. The van der Waals surface area contributed by atoms with E-state index in [4.69, 9.17) is 16.3 Å². The Bertz CT molecular complexity index is 1060. The SMILES string of the molecule is Cc1cc(C)cc(C(=O)OCC(=O)Nc2cc(S(=O)(=O)N3CCCC3)ccc2Cl)c1. The molecule has 30 heavy (non-hydrogen) atoms. The second kappa shape index (κ2) is 9.16. The molecule has 0 aromatic heterocycles. The van der Waals surface area contributed by atoms with Gasteiger partial charge in [-0.1, -0.05) is 28.8 Å². The van der Waals surface area contributed by atoms with Crippen LogP contribution in [0.5, 0.6) is 0 Å². The first-order valence-corrected chi connectivity index (χ1v) is 11.3. The number of ether oxygens (including phenoxy) is 1. The molecule has 3 rings (SSSR count). The minimum Gasteiger partial charge on any atom is -0.452 e. The second-order valence-corrected chi connectivity index (χ2v) is 9.60. The maximum absolute atomic E-state index is 12.7. The third kappa shape index (κ3) is 5.19. The van der Waals surface area contributed by atoms with Crippen molar-refractivity contribution < 1.29 is 22.7 Å². The van der Waals surface area contributed by atoms with Crippen LogP contribution in [-0.4, -0.2) is 44.3 Å². The topological polar surface area (TPSA) is 92.8 Å². The van der Waals surface area contributed by atoms with Crippen LogP contribution in [0.3, 0.4) is 0 Å². The zero-order valence-corrected chi connectivity index (χ0v) is 18.3. The van der Waals surface area contributed by atoms with Crippen molar-refractivity contribution in [2.75, 3.05) is 25.0 Å². The quantitative estimate of drug-likeness (QED) is 0.679. The monoisotopic (exact) mass is 450 g/mol. The number of carbonyl (C=O) groups excluding carboxylic acids is 2. The summed E-state index contributed by atoms with van der Waals surface area (Å²) in [7, 11) is -3.65. The number of halogens is 1. The Morgan fingerprint density at radius 1 is 1.07 bits per heavy atom. The number of nitrogens with zero attached hydrogens (tertiary/aromatic N) is 1. The van der Waals surface area contributed by atoms with Gasteiger partial charge in [0.2, 0.25) is 10.0 Å². The van der Waals surface area contributed by atoms with Crippen LogP contribution in [0.4, 0.5) is 5.69 Å². The number of nitrogens with one attached hydrogen (secondary N) is 1. The van der Waals surface area contributed by atoms with Crippen LogP contribution in [-0.2, 0) is 19.6 Å². The van der Waals surface area contributed by atoms with E-state index in [1.807, 2.05) is 19.9 Å². The molecule has 1 aliphatic rings. The van der Waals surface area contributed by atoms with Crippen molar-refractivity contribution in [3.63, 3.8) is 0 Å². The molecular formula is C21H23ClN2O5S.